The highest BCUT2D eigenvalue weighted by molar-refractivity contribution is 5.87. The molecule has 3 nitrogen and oxygen atoms in total. The van der Waals surface area contributed by atoms with Crippen LogP contribution in [-0.4, -0.2) is 18.6 Å². The summed E-state index contributed by atoms with van der Waals surface area (Å²) in [7, 11) is 1.70. The van der Waals surface area contributed by atoms with Crippen LogP contribution in [0.5, 0.6) is 5.75 Å². The van der Waals surface area contributed by atoms with E-state index in [2.05, 4.69) is 11.1 Å². The van der Waals surface area contributed by atoms with Crippen molar-refractivity contribution in [2.45, 2.75) is 19.8 Å². The molecule has 90 valence electrons. The minimum atomic E-state index is 0.708. The first-order chi connectivity index (χ1) is 8.26. The summed E-state index contributed by atoms with van der Waals surface area (Å²) in [6.45, 7) is 2.70. The molecule has 0 saturated heterocycles. The molecule has 0 amide bonds. The predicted octanol–water partition coefficient (Wildman–Crippen LogP) is 2.44. The third-order valence-electron chi connectivity index (χ3n) is 2.88. The fraction of sp³-hybridized carbons (Fsp3) is 0.357. The largest absolute Gasteiger partial charge is 0.496 e. The van der Waals surface area contributed by atoms with Crippen LogP contribution in [0.15, 0.2) is 24.3 Å². The molecule has 0 spiro atoms. The number of pyridine rings is 1. The molecule has 0 saturated carbocycles. The number of nitrogens with zero attached hydrogens (tertiary/aromatic N) is 1. The van der Waals surface area contributed by atoms with E-state index in [4.69, 9.17) is 10.5 Å². The van der Waals surface area contributed by atoms with Gasteiger partial charge in [-0.05, 0) is 37.9 Å². The molecular weight excluding hydrogens is 212 g/mol. The van der Waals surface area contributed by atoms with Gasteiger partial charge in [0.25, 0.3) is 0 Å². The van der Waals surface area contributed by atoms with E-state index in [0.29, 0.717) is 6.54 Å². The van der Waals surface area contributed by atoms with Crippen LogP contribution in [0, 0.1) is 6.92 Å². The maximum absolute atomic E-state index is 5.56. The maximum Gasteiger partial charge on any atom is 0.130 e. The zero-order chi connectivity index (χ0) is 12.3. The molecule has 0 bridgehead atoms. The highest BCUT2D eigenvalue weighted by atomic mass is 16.5. The molecule has 0 fully saturated rings. The average molecular weight is 230 g/mol. The number of hydrogen-bond acceptors (Lipinski definition) is 3. The number of hydrogen-bond donors (Lipinski definition) is 1. The number of aromatic nitrogens is 1. The quantitative estimate of drug-likeness (QED) is 0.877. The van der Waals surface area contributed by atoms with Gasteiger partial charge in [0.05, 0.1) is 12.6 Å². The molecule has 3 heteroatoms. The molecule has 0 atom stereocenters. The second-order valence-electron chi connectivity index (χ2n) is 4.17. The Balaban J connectivity index is 2.58. The van der Waals surface area contributed by atoms with Gasteiger partial charge in [-0.3, -0.25) is 4.98 Å². The standard InChI is InChI=1S/C14H18N2O/c1-10-9-13(17-2)12-7-3-5-11(6-4-8-15)14(12)16-10/h3,5,7,9H,4,6,8,15H2,1-2H3. The average Bonchev–Trinajstić information content (AvgIpc) is 2.35. The summed E-state index contributed by atoms with van der Waals surface area (Å²) in [5.74, 6) is 0.891. The van der Waals surface area contributed by atoms with E-state index >= 15 is 0 Å². The van der Waals surface area contributed by atoms with Gasteiger partial charge in [-0.25, -0.2) is 0 Å². The Morgan fingerprint density at radius 1 is 1.35 bits per heavy atom. The molecule has 17 heavy (non-hydrogen) atoms. The minimum Gasteiger partial charge on any atom is -0.496 e. The van der Waals surface area contributed by atoms with Crippen molar-refractivity contribution in [2.75, 3.05) is 13.7 Å². The van der Waals surface area contributed by atoms with Gasteiger partial charge in [0.1, 0.15) is 5.75 Å². The van der Waals surface area contributed by atoms with Crippen LogP contribution in [-0.2, 0) is 6.42 Å². The number of ether oxygens (including phenoxy) is 1. The van der Waals surface area contributed by atoms with E-state index in [1.807, 2.05) is 25.1 Å². The van der Waals surface area contributed by atoms with E-state index in [1.165, 1.54) is 5.56 Å². The summed E-state index contributed by atoms with van der Waals surface area (Å²) in [6, 6.07) is 8.18. The van der Waals surface area contributed by atoms with Crippen LogP contribution in [0.1, 0.15) is 17.7 Å². The molecule has 0 aliphatic carbocycles. The molecule has 0 unspecified atom stereocenters. The molecule has 2 rings (SSSR count). The second kappa shape index (κ2) is 5.15. The Labute approximate surface area is 102 Å². The van der Waals surface area contributed by atoms with Crippen molar-refractivity contribution in [1.82, 2.24) is 4.98 Å². The number of methoxy groups -OCH3 is 1. The third-order valence-corrected chi connectivity index (χ3v) is 2.88. The van der Waals surface area contributed by atoms with Gasteiger partial charge in [-0.1, -0.05) is 12.1 Å². The van der Waals surface area contributed by atoms with Crippen molar-refractivity contribution in [3.8, 4) is 5.75 Å². The van der Waals surface area contributed by atoms with Crippen molar-refractivity contribution in [3.05, 3.63) is 35.5 Å². The molecule has 2 aromatic rings. The number of fused-ring (bicyclic) bond motifs is 1. The lowest BCUT2D eigenvalue weighted by molar-refractivity contribution is 0.419. The molecule has 1 heterocycles. The zero-order valence-corrected chi connectivity index (χ0v) is 10.4. The van der Waals surface area contributed by atoms with Gasteiger partial charge in [0, 0.05) is 17.1 Å². The summed E-state index contributed by atoms with van der Waals surface area (Å²) in [4.78, 5) is 4.62. The summed E-state index contributed by atoms with van der Waals surface area (Å²) >= 11 is 0. The number of nitrogens with two attached hydrogens (primary N) is 1. The van der Waals surface area contributed by atoms with E-state index in [-0.39, 0.29) is 0 Å². The summed E-state index contributed by atoms with van der Waals surface area (Å²) in [6.07, 6.45) is 1.95. The number of benzene rings is 1. The molecule has 2 N–H and O–H groups in total. The highest BCUT2D eigenvalue weighted by Crippen LogP contribution is 2.27. The Morgan fingerprint density at radius 3 is 2.88 bits per heavy atom. The Hall–Kier alpha value is -1.61. The highest BCUT2D eigenvalue weighted by Gasteiger charge is 2.07. The van der Waals surface area contributed by atoms with E-state index in [9.17, 15) is 0 Å². The predicted molar refractivity (Wildman–Crippen MR) is 70.4 cm³/mol. The minimum absolute atomic E-state index is 0.708. The van der Waals surface area contributed by atoms with Crippen LogP contribution >= 0.6 is 0 Å². The van der Waals surface area contributed by atoms with Crippen molar-refractivity contribution in [3.63, 3.8) is 0 Å². The fourth-order valence-corrected chi connectivity index (χ4v) is 2.06. The van der Waals surface area contributed by atoms with E-state index in [0.717, 1.165) is 35.2 Å². The van der Waals surface area contributed by atoms with Gasteiger partial charge in [-0.15, -0.1) is 0 Å². The van der Waals surface area contributed by atoms with Gasteiger partial charge < -0.3 is 10.5 Å². The van der Waals surface area contributed by atoms with Crippen LogP contribution < -0.4 is 10.5 Å². The number of rotatable bonds is 4. The number of aryl methyl sites for hydroxylation is 2. The first-order valence-corrected chi connectivity index (χ1v) is 5.89. The molecule has 0 aliphatic heterocycles. The van der Waals surface area contributed by atoms with Crippen molar-refractivity contribution < 1.29 is 4.74 Å². The summed E-state index contributed by atoms with van der Waals surface area (Å²) in [5, 5.41) is 1.08. The summed E-state index contributed by atoms with van der Waals surface area (Å²) < 4.78 is 5.40. The van der Waals surface area contributed by atoms with Crippen LogP contribution in [0.25, 0.3) is 10.9 Å². The van der Waals surface area contributed by atoms with Crippen LogP contribution in [0.2, 0.25) is 0 Å². The zero-order valence-electron chi connectivity index (χ0n) is 10.4. The maximum atomic E-state index is 5.56. The molecular formula is C14H18N2O. The lowest BCUT2D eigenvalue weighted by Gasteiger charge is -2.10. The lowest BCUT2D eigenvalue weighted by Crippen LogP contribution is -2.01. The lowest BCUT2D eigenvalue weighted by atomic mass is 10.0. The first kappa shape index (κ1) is 11.9. The van der Waals surface area contributed by atoms with Gasteiger partial charge >= 0.3 is 0 Å². The van der Waals surface area contributed by atoms with Gasteiger partial charge in [0.15, 0.2) is 0 Å². The Bertz CT molecular complexity index is 523. The molecule has 0 radical (unpaired) electrons. The number of para-hydroxylation sites is 1. The van der Waals surface area contributed by atoms with E-state index in [1.54, 1.807) is 7.11 Å². The van der Waals surface area contributed by atoms with Crippen molar-refractivity contribution in [1.29, 1.82) is 0 Å². The van der Waals surface area contributed by atoms with E-state index < -0.39 is 0 Å². The van der Waals surface area contributed by atoms with Gasteiger partial charge in [0.2, 0.25) is 0 Å². The topological polar surface area (TPSA) is 48.1 Å². The fourth-order valence-electron chi connectivity index (χ4n) is 2.06. The van der Waals surface area contributed by atoms with Crippen LogP contribution in [0.3, 0.4) is 0 Å². The monoisotopic (exact) mass is 230 g/mol. The third kappa shape index (κ3) is 2.39. The Morgan fingerprint density at radius 2 is 2.18 bits per heavy atom. The SMILES string of the molecule is COc1cc(C)nc2c(CCCN)cccc12. The normalized spacial score (nSPS) is 10.8. The summed E-state index contributed by atoms with van der Waals surface area (Å²) in [5.41, 5.74) is 8.83. The second-order valence-corrected chi connectivity index (χ2v) is 4.17. The molecule has 1 aromatic heterocycles. The smallest absolute Gasteiger partial charge is 0.130 e. The Kier molecular flexibility index (Phi) is 3.59. The van der Waals surface area contributed by atoms with Crippen LogP contribution in [0.4, 0.5) is 0 Å². The molecule has 0 aliphatic rings. The van der Waals surface area contributed by atoms with Gasteiger partial charge in [-0.2, -0.15) is 0 Å². The molecule has 1 aromatic carbocycles. The first-order valence-electron chi connectivity index (χ1n) is 5.89. The van der Waals surface area contributed by atoms with Crippen molar-refractivity contribution >= 4 is 10.9 Å². The van der Waals surface area contributed by atoms with Crippen molar-refractivity contribution in [2.24, 2.45) is 5.73 Å².